The topological polar surface area (TPSA) is 98.0 Å². The number of anilines is 1. The number of likely N-dealkylation sites (N-methyl/N-ethyl adjacent to an activating group) is 1. The summed E-state index contributed by atoms with van der Waals surface area (Å²) in [5, 5.41) is 12.3. The highest BCUT2D eigenvalue weighted by Gasteiger charge is 2.25. The zero-order valence-electron chi connectivity index (χ0n) is 18.5. The van der Waals surface area contributed by atoms with Crippen molar-refractivity contribution in [1.29, 1.82) is 0 Å². The molecule has 2 heterocycles. The maximum atomic E-state index is 13.6. The van der Waals surface area contributed by atoms with E-state index in [1.54, 1.807) is 37.3 Å². The van der Waals surface area contributed by atoms with E-state index in [1.807, 2.05) is 25.1 Å². The highest BCUT2D eigenvalue weighted by molar-refractivity contribution is 7.23. The molecule has 0 aliphatic heterocycles. The Balaban J connectivity index is 1.78. The number of carbonyl (C=O) groups is 1. The molecule has 0 atom stereocenters. The SMILES string of the molecule is COc1ccc(OC)c2sc(N(CCN(C)C)C(=O)c3cc4cc([N+](=O)[O-])ccc4s3)nc12. The minimum Gasteiger partial charge on any atom is -0.495 e. The van der Waals surface area contributed by atoms with Crippen molar-refractivity contribution in [2.45, 2.75) is 0 Å². The van der Waals surface area contributed by atoms with E-state index in [0.717, 1.165) is 9.40 Å². The maximum absolute atomic E-state index is 13.6. The number of thiazole rings is 1. The largest absolute Gasteiger partial charge is 0.495 e. The summed E-state index contributed by atoms with van der Waals surface area (Å²) >= 11 is 2.67. The molecule has 0 fully saturated rings. The second kappa shape index (κ2) is 9.30. The van der Waals surface area contributed by atoms with E-state index >= 15 is 0 Å². The van der Waals surface area contributed by atoms with Crippen molar-refractivity contribution < 1.29 is 19.2 Å². The average Bonchev–Trinajstić information content (AvgIpc) is 3.42. The van der Waals surface area contributed by atoms with Crippen LogP contribution in [0.2, 0.25) is 0 Å². The van der Waals surface area contributed by atoms with Gasteiger partial charge in [-0.3, -0.25) is 19.8 Å². The lowest BCUT2D eigenvalue weighted by atomic mass is 10.2. The summed E-state index contributed by atoms with van der Waals surface area (Å²) in [5.74, 6) is 1.05. The van der Waals surface area contributed by atoms with Crippen LogP contribution in [-0.2, 0) is 0 Å². The lowest BCUT2D eigenvalue weighted by molar-refractivity contribution is -0.384. The maximum Gasteiger partial charge on any atom is 0.270 e. The van der Waals surface area contributed by atoms with Crippen LogP contribution in [0.3, 0.4) is 0 Å². The molecule has 0 aliphatic carbocycles. The molecule has 0 N–H and O–H groups in total. The number of aromatic nitrogens is 1. The minimum absolute atomic E-state index is 0.00544. The van der Waals surface area contributed by atoms with Crippen molar-refractivity contribution >= 4 is 59.7 Å². The average molecular weight is 487 g/mol. The van der Waals surface area contributed by atoms with Gasteiger partial charge in [-0.25, -0.2) is 4.98 Å². The van der Waals surface area contributed by atoms with Crippen molar-refractivity contribution in [2.24, 2.45) is 0 Å². The van der Waals surface area contributed by atoms with Crippen LogP contribution in [0.5, 0.6) is 11.5 Å². The molecule has 0 bridgehead atoms. The molecule has 4 aromatic rings. The number of non-ortho nitro benzene ring substituents is 1. The van der Waals surface area contributed by atoms with Gasteiger partial charge in [0.2, 0.25) is 0 Å². The van der Waals surface area contributed by atoms with E-state index < -0.39 is 4.92 Å². The zero-order chi connectivity index (χ0) is 23.7. The number of rotatable bonds is 8. The third kappa shape index (κ3) is 4.47. The summed E-state index contributed by atoms with van der Waals surface area (Å²) in [5.41, 5.74) is 0.626. The predicted octanol–water partition coefficient (Wildman–Crippen LogP) is 4.64. The fraction of sp³-hybridized carbons (Fsp3) is 0.273. The molecule has 0 radical (unpaired) electrons. The summed E-state index contributed by atoms with van der Waals surface area (Å²) in [6, 6.07) is 9.91. The Morgan fingerprint density at radius 1 is 1.06 bits per heavy atom. The molecule has 0 saturated heterocycles. The number of methoxy groups -OCH3 is 2. The van der Waals surface area contributed by atoms with Gasteiger partial charge in [-0.15, -0.1) is 11.3 Å². The van der Waals surface area contributed by atoms with E-state index in [1.165, 1.54) is 34.8 Å². The van der Waals surface area contributed by atoms with Crippen LogP contribution in [0.25, 0.3) is 20.3 Å². The molecule has 0 aliphatic rings. The number of carbonyl (C=O) groups excluding carboxylic acids is 1. The van der Waals surface area contributed by atoms with Crippen molar-refractivity contribution in [2.75, 3.05) is 46.3 Å². The van der Waals surface area contributed by atoms with Crippen molar-refractivity contribution in [1.82, 2.24) is 9.88 Å². The Hall–Kier alpha value is -3.28. The molecule has 2 aromatic heterocycles. The van der Waals surface area contributed by atoms with Crippen LogP contribution >= 0.6 is 22.7 Å². The Labute approximate surface area is 197 Å². The first kappa shape index (κ1) is 22.9. The first-order valence-electron chi connectivity index (χ1n) is 9.98. The Bertz CT molecular complexity index is 1310. The van der Waals surface area contributed by atoms with Gasteiger partial charge in [0.15, 0.2) is 5.13 Å². The lowest BCUT2D eigenvalue weighted by Crippen LogP contribution is -2.36. The number of ether oxygens (including phenoxy) is 2. The zero-order valence-corrected chi connectivity index (χ0v) is 20.2. The summed E-state index contributed by atoms with van der Waals surface area (Å²) in [7, 11) is 7.04. The van der Waals surface area contributed by atoms with Gasteiger partial charge < -0.3 is 14.4 Å². The van der Waals surface area contributed by atoms with Crippen LogP contribution in [0.15, 0.2) is 36.4 Å². The van der Waals surface area contributed by atoms with E-state index in [4.69, 9.17) is 14.5 Å². The third-order valence-corrected chi connectivity index (χ3v) is 7.26. The van der Waals surface area contributed by atoms with Crippen LogP contribution in [-0.4, -0.2) is 62.1 Å². The third-order valence-electron chi connectivity index (χ3n) is 5.07. The van der Waals surface area contributed by atoms with Gasteiger partial charge in [-0.1, -0.05) is 11.3 Å². The number of amides is 1. The standard InChI is InChI=1S/C22H22N4O5S2/c1-24(2)9-10-25(22-23-19-15(30-3)6-7-16(31-4)20(19)33-22)21(27)18-12-13-11-14(26(28)29)5-8-17(13)32-18/h5-8,11-12H,9-10H2,1-4H3. The Morgan fingerprint density at radius 3 is 2.45 bits per heavy atom. The van der Waals surface area contributed by atoms with Gasteiger partial charge >= 0.3 is 0 Å². The van der Waals surface area contributed by atoms with E-state index in [0.29, 0.717) is 45.5 Å². The molecule has 9 nitrogen and oxygen atoms in total. The second-order valence-corrected chi connectivity index (χ2v) is 9.56. The van der Waals surface area contributed by atoms with Crippen molar-refractivity contribution in [3.63, 3.8) is 0 Å². The molecule has 11 heteroatoms. The number of fused-ring (bicyclic) bond motifs is 2. The van der Waals surface area contributed by atoms with Crippen molar-refractivity contribution in [3.8, 4) is 11.5 Å². The molecule has 4 rings (SSSR count). The van der Waals surface area contributed by atoms with Crippen LogP contribution in [0.1, 0.15) is 9.67 Å². The quantitative estimate of drug-likeness (QED) is 0.264. The van der Waals surface area contributed by atoms with Gasteiger partial charge in [0.25, 0.3) is 11.6 Å². The van der Waals surface area contributed by atoms with Crippen LogP contribution in [0.4, 0.5) is 10.8 Å². The highest BCUT2D eigenvalue weighted by atomic mass is 32.1. The summed E-state index contributed by atoms with van der Waals surface area (Å²) in [6.45, 7) is 1.05. The molecule has 33 heavy (non-hydrogen) atoms. The van der Waals surface area contributed by atoms with Gasteiger partial charge in [0.05, 0.1) is 24.0 Å². The smallest absolute Gasteiger partial charge is 0.270 e. The number of thiophene rings is 1. The van der Waals surface area contributed by atoms with Gasteiger partial charge in [-0.2, -0.15) is 0 Å². The molecule has 0 spiro atoms. The van der Waals surface area contributed by atoms with Crippen LogP contribution in [0, 0.1) is 10.1 Å². The number of benzene rings is 2. The number of hydrogen-bond donors (Lipinski definition) is 0. The normalized spacial score (nSPS) is 11.3. The molecular formula is C22H22N4O5S2. The lowest BCUT2D eigenvalue weighted by Gasteiger charge is -2.21. The van der Waals surface area contributed by atoms with Gasteiger partial charge in [-0.05, 0) is 38.4 Å². The molecule has 1 amide bonds. The van der Waals surface area contributed by atoms with Crippen molar-refractivity contribution in [3.05, 3.63) is 51.4 Å². The molecule has 2 aromatic carbocycles. The second-order valence-electron chi connectivity index (χ2n) is 7.49. The van der Waals surface area contributed by atoms with Gasteiger partial charge in [0.1, 0.15) is 21.7 Å². The minimum atomic E-state index is -0.441. The molecule has 0 saturated carbocycles. The number of nitrogens with zero attached hydrogens (tertiary/aromatic N) is 4. The Kier molecular flexibility index (Phi) is 6.45. The molecule has 172 valence electrons. The first-order valence-corrected chi connectivity index (χ1v) is 11.6. The fourth-order valence-electron chi connectivity index (χ4n) is 3.36. The van der Waals surface area contributed by atoms with E-state index in [9.17, 15) is 14.9 Å². The van der Waals surface area contributed by atoms with E-state index in [2.05, 4.69) is 0 Å². The Morgan fingerprint density at radius 2 is 1.79 bits per heavy atom. The number of hydrogen-bond acceptors (Lipinski definition) is 9. The van der Waals surface area contributed by atoms with E-state index in [-0.39, 0.29) is 11.6 Å². The number of nitro groups is 1. The fourth-order valence-corrected chi connectivity index (χ4v) is 5.45. The first-order chi connectivity index (χ1) is 15.8. The monoisotopic (exact) mass is 486 g/mol. The van der Waals surface area contributed by atoms with Crippen LogP contribution < -0.4 is 14.4 Å². The summed E-state index contributed by atoms with van der Waals surface area (Å²) < 4.78 is 12.5. The van der Waals surface area contributed by atoms with Gasteiger partial charge in [0, 0.05) is 35.3 Å². The summed E-state index contributed by atoms with van der Waals surface area (Å²) in [6.07, 6.45) is 0. The molecule has 0 unspecified atom stereocenters. The number of nitro benzene ring substituents is 1. The predicted molar refractivity (Wildman–Crippen MR) is 131 cm³/mol. The molecular weight excluding hydrogens is 464 g/mol. The highest BCUT2D eigenvalue weighted by Crippen LogP contribution is 2.41. The summed E-state index contributed by atoms with van der Waals surface area (Å²) in [4.78, 5) is 33.1.